The fourth-order valence-corrected chi connectivity index (χ4v) is 3.42. The van der Waals surface area contributed by atoms with Crippen molar-refractivity contribution in [1.82, 2.24) is 9.78 Å². The minimum atomic E-state index is -4.60. The molecule has 1 N–H and O–H groups in total. The molecule has 1 amide bonds. The van der Waals surface area contributed by atoms with Crippen molar-refractivity contribution in [1.29, 1.82) is 0 Å². The van der Waals surface area contributed by atoms with Gasteiger partial charge in [-0.25, -0.2) is 0 Å². The minimum absolute atomic E-state index is 0.00941. The summed E-state index contributed by atoms with van der Waals surface area (Å²) in [5, 5.41) is 17.0. The summed E-state index contributed by atoms with van der Waals surface area (Å²) in [6.45, 7) is -0.447. The number of anilines is 1. The Balaban J connectivity index is 1.86. The number of alkyl halides is 3. The number of carbonyl (C=O) groups excluding carboxylic acids is 1. The van der Waals surface area contributed by atoms with Crippen molar-refractivity contribution in [2.75, 3.05) is 5.32 Å². The molecule has 150 valence electrons. The maximum absolute atomic E-state index is 13.3. The predicted molar refractivity (Wildman–Crippen MR) is 95.2 cm³/mol. The van der Waals surface area contributed by atoms with Gasteiger partial charge in [0.1, 0.15) is 6.54 Å². The molecule has 1 aromatic carbocycles. The van der Waals surface area contributed by atoms with E-state index >= 15 is 0 Å². The maximum Gasteiger partial charge on any atom is 0.435 e. The van der Waals surface area contributed by atoms with E-state index in [-0.39, 0.29) is 28.4 Å². The molecule has 0 unspecified atom stereocenters. The van der Waals surface area contributed by atoms with Crippen LogP contribution in [0.2, 0.25) is 5.02 Å². The fraction of sp³-hybridized carbons (Fsp3) is 0.412. The number of aromatic nitrogens is 2. The van der Waals surface area contributed by atoms with E-state index < -0.39 is 29.2 Å². The van der Waals surface area contributed by atoms with Crippen LogP contribution in [0.25, 0.3) is 0 Å². The second-order valence-corrected chi connectivity index (χ2v) is 6.87. The van der Waals surface area contributed by atoms with Gasteiger partial charge in [-0.3, -0.25) is 19.6 Å². The van der Waals surface area contributed by atoms with Crippen molar-refractivity contribution >= 4 is 28.9 Å². The van der Waals surface area contributed by atoms with Gasteiger partial charge in [0, 0.05) is 23.4 Å². The normalized spacial score (nSPS) is 14.3. The lowest BCUT2D eigenvalue weighted by Crippen LogP contribution is -2.21. The van der Waals surface area contributed by atoms with Crippen molar-refractivity contribution in [3.63, 3.8) is 0 Å². The second-order valence-electron chi connectivity index (χ2n) is 6.46. The van der Waals surface area contributed by atoms with Gasteiger partial charge in [-0.1, -0.05) is 18.0 Å². The molecule has 1 aliphatic rings. The molecule has 0 atom stereocenters. The molecule has 7 nitrogen and oxygen atoms in total. The molecule has 1 aromatic heterocycles. The summed E-state index contributed by atoms with van der Waals surface area (Å²) < 4.78 is 41.0. The van der Waals surface area contributed by atoms with Crippen LogP contribution < -0.4 is 5.32 Å². The number of hydrogen-bond donors (Lipinski definition) is 1. The highest BCUT2D eigenvalue weighted by atomic mass is 35.5. The Kier molecular flexibility index (Phi) is 5.59. The Morgan fingerprint density at radius 1 is 1.29 bits per heavy atom. The lowest BCUT2D eigenvalue weighted by Gasteiger charge is -2.10. The predicted octanol–water partition coefficient (Wildman–Crippen LogP) is 4.37. The number of halogens is 4. The Morgan fingerprint density at radius 2 is 2.00 bits per heavy atom. The highest BCUT2D eigenvalue weighted by molar-refractivity contribution is 6.33. The van der Waals surface area contributed by atoms with Crippen LogP contribution in [0, 0.1) is 10.1 Å². The van der Waals surface area contributed by atoms with Crippen molar-refractivity contribution in [2.24, 2.45) is 0 Å². The van der Waals surface area contributed by atoms with Crippen molar-refractivity contribution in [2.45, 2.75) is 44.8 Å². The summed E-state index contributed by atoms with van der Waals surface area (Å²) in [7, 11) is 0. The summed E-state index contributed by atoms with van der Waals surface area (Å²) in [5.74, 6) is -0.675. The summed E-state index contributed by atoms with van der Waals surface area (Å²) in [6.07, 6.45) is -1.77. The molecule has 0 saturated carbocycles. The molecule has 28 heavy (non-hydrogen) atoms. The number of nitrogens with zero attached hydrogens (tertiary/aromatic N) is 3. The molecule has 0 radical (unpaired) electrons. The van der Waals surface area contributed by atoms with E-state index in [0.29, 0.717) is 25.0 Å². The van der Waals surface area contributed by atoms with E-state index in [2.05, 4.69) is 10.4 Å². The zero-order valence-corrected chi connectivity index (χ0v) is 15.3. The number of non-ortho nitro benzene ring substituents is 1. The van der Waals surface area contributed by atoms with Crippen LogP contribution in [0.4, 0.5) is 24.5 Å². The van der Waals surface area contributed by atoms with Crippen LogP contribution in [0.3, 0.4) is 0 Å². The average molecular weight is 417 g/mol. The Morgan fingerprint density at radius 3 is 2.68 bits per heavy atom. The number of rotatable bonds is 4. The molecule has 0 spiro atoms. The molecule has 2 aromatic rings. The molecule has 1 aliphatic carbocycles. The first-order valence-corrected chi connectivity index (χ1v) is 8.94. The first kappa shape index (κ1) is 20.1. The number of carbonyl (C=O) groups is 1. The van der Waals surface area contributed by atoms with Crippen molar-refractivity contribution < 1.29 is 22.9 Å². The van der Waals surface area contributed by atoms with Crippen LogP contribution in [0.15, 0.2) is 18.2 Å². The topological polar surface area (TPSA) is 90.1 Å². The third-order valence-corrected chi connectivity index (χ3v) is 4.83. The first-order valence-electron chi connectivity index (χ1n) is 8.56. The molecular formula is C17H16ClF3N4O3. The second kappa shape index (κ2) is 7.78. The first-order chi connectivity index (χ1) is 13.2. The lowest BCUT2D eigenvalue weighted by molar-refractivity contribution is -0.384. The molecule has 0 fully saturated rings. The molecule has 0 bridgehead atoms. The third-order valence-electron chi connectivity index (χ3n) is 4.50. The molecule has 3 rings (SSSR count). The highest BCUT2D eigenvalue weighted by Gasteiger charge is 2.39. The number of nitro benzene ring substituents is 1. The van der Waals surface area contributed by atoms with Gasteiger partial charge in [0.05, 0.1) is 15.6 Å². The van der Waals surface area contributed by atoms with Crippen LogP contribution in [-0.4, -0.2) is 20.6 Å². The number of fused-ring (bicyclic) bond motifs is 1. The van der Waals surface area contributed by atoms with E-state index in [9.17, 15) is 28.1 Å². The average Bonchev–Trinajstić information content (AvgIpc) is 2.78. The van der Waals surface area contributed by atoms with E-state index in [1.54, 1.807) is 0 Å². The van der Waals surface area contributed by atoms with E-state index in [4.69, 9.17) is 11.6 Å². The van der Waals surface area contributed by atoms with Gasteiger partial charge in [-0.15, -0.1) is 0 Å². The monoisotopic (exact) mass is 416 g/mol. The number of benzene rings is 1. The smallest absolute Gasteiger partial charge is 0.323 e. The summed E-state index contributed by atoms with van der Waals surface area (Å²) in [5.41, 5.74) is -0.663. The van der Waals surface area contributed by atoms with Gasteiger partial charge in [0.2, 0.25) is 5.91 Å². The molecular weight excluding hydrogens is 401 g/mol. The quantitative estimate of drug-likeness (QED) is 0.455. The van der Waals surface area contributed by atoms with Crippen molar-refractivity contribution in [3.8, 4) is 0 Å². The van der Waals surface area contributed by atoms with Gasteiger partial charge >= 0.3 is 6.18 Å². The van der Waals surface area contributed by atoms with Gasteiger partial charge in [0.25, 0.3) is 5.69 Å². The van der Waals surface area contributed by atoms with Crippen molar-refractivity contribution in [3.05, 3.63) is 50.3 Å². The number of hydrogen-bond acceptors (Lipinski definition) is 4. The zero-order valence-electron chi connectivity index (χ0n) is 14.6. The summed E-state index contributed by atoms with van der Waals surface area (Å²) in [6, 6.07) is 3.53. The van der Waals surface area contributed by atoms with Crippen LogP contribution in [0.5, 0.6) is 0 Å². The van der Waals surface area contributed by atoms with Gasteiger partial charge < -0.3 is 5.32 Å². The summed E-state index contributed by atoms with van der Waals surface area (Å²) >= 11 is 5.94. The van der Waals surface area contributed by atoms with E-state index in [0.717, 1.165) is 17.2 Å². The molecule has 0 saturated heterocycles. The van der Waals surface area contributed by atoms with Gasteiger partial charge in [0.15, 0.2) is 5.69 Å². The maximum atomic E-state index is 13.3. The van der Waals surface area contributed by atoms with Crippen LogP contribution in [-0.2, 0) is 30.4 Å². The Hall–Kier alpha value is -2.62. The standard InChI is InChI=1S/C17H16ClF3N4O3/c18-12-7-6-10(25(27)28)8-13(12)22-15(26)9-24-14-5-3-1-2-4-11(14)16(23-24)17(19,20)21/h6-8H,1-5,9H2,(H,22,26). The van der Waals surface area contributed by atoms with Crippen LogP contribution in [0.1, 0.15) is 36.2 Å². The Bertz CT molecular complexity index is 927. The van der Waals surface area contributed by atoms with Gasteiger partial charge in [-0.2, -0.15) is 18.3 Å². The minimum Gasteiger partial charge on any atom is -0.323 e. The van der Waals surface area contributed by atoms with E-state index in [1.807, 2.05) is 0 Å². The Labute approximate surface area is 162 Å². The number of nitrogens with one attached hydrogen (secondary N) is 1. The number of amides is 1. The highest BCUT2D eigenvalue weighted by Crippen LogP contribution is 2.35. The largest absolute Gasteiger partial charge is 0.435 e. The number of nitro groups is 1. The van der Waals surface area contributed by atoms with Crippen LogP contribution >= 0.6 is 11.6 Å². The van der Waals surface area contributed by atoms with E-state index in [1.165, 1.54) is 12.1 Å². The fourth-order valence-electron chi connectivity index (χ4n) is 3.25. The third kappa shape index (κ3) is 4.27. The molecule has 1 heterocycles. The lowest BCUT2D eigenvalue weighted by atomic mass is 10.1. The molecule has 11 heteroatoms. The zero-order chi connectivity index (χ0) is 20.5. The van der Waals surface area contributed by atoms with Gasteiger partial charge in [-0.05, 0) is 31.7 Å². The summed E-state index contributed by atoms with van der Waals surface area (Å²) in [4.78, 5) is 22.6. The molecule has 0 aliphatic heterocycles. The SMILES string of the molecule is O=C(Cn1nc(C(F)(F)F)c2c1CCCCC2)Nc1cc([N+](=O)[O-])ccc1Cl.